The van der Waals surface area contributed by atoms with Crippen molar-refractivity contribution in [1.82, 2.24) is 24.6 Å². The largest absolute Gasteiger partial charge is 0.493 e. The van der Waals surface area contributed by atoms with Crippen LogP contribution in [0.3, 0.4) is 0 Å². The van der Waals surface area contributed by atoms with Crippen LogP contribution in [0.5, 0.6) is 11.5 Å². The summed E-state index contributed by atoms with van der Waals surface area (Å²) >= 11 is 0. The summed E-state index contributed by atoms with van der Waals surface area (Å²) in [5, 5.41) is 4.98. The average Bonchev–Trinajstić information content (AvgIpc) is 3.32. The summed E-state index contributed by atoms with van der Waals surface area (Å²) in [4.78, 5) is 23.4. The SMILES string of the molecule is COc1cc2cc(N)c(C3CCN(C(=O)C(C)n4cncn4)CC3)nc2cc1OC. The zero-order valence-corrected chi connectivity index (χ0v) is 17.4. The minimum absolute atomic E-state index is 0.0511. The number of rotatable bonds is 5. The van der Waals surface area contributed by atoms with Gasteiger partial charge in [-0.15, -0.1) is 0 Å². The van der Waals surface area contributed by atoms with E-state index in [4.69, 9.17) is 20.2 Å². The number of hydrogen-bond acceptors (Lipinski definition) is 7. The summed E-state index contributed by atoms with van der Waals surface area (Å²) < 4.78 is 12.4. The third-order valence-corrected chi connectivity index (χ3v) is 5.76. The number of nitrogens with zero attached hydrogens (tertiary/aromatic N) is 5. The number of nitrogens with two attached hydrogens (primary N) is 1. The molecule has 1 aromatic carbocycles. The molecule has 9 nitrogen and oxygen atoms in total. The molecule has 0 saturated carbocycles. The van der Waals surface area contributed by atoms with Crippen molar-refractivity contribution in [3.63, 3.8) is 0 Å². The van der Waals surface area contributed by atoms with Crippen molar-refractivity contribution in [2.24, 2.45) is 0 Å². The molecule has 158 valence electrons. The van der Waals surface area contributed by atoms with Crippen molar-refractivity contribution in [2.75, 3.05) is 33.0 Å². The van der Waals surface area contributed by atoms with Crippen molar-refractivity contribution >= 4 is 22.5 Å². The zero-order chi connectivity index (χ0) is 21.3. The Morgan fingerprint density at radius 2 is 1.87 bits per heavy atom. The molecule has 0 bridgehead atoms. The first-order chi connectivity index (χ1) is 14.5. The molecule has 0 radical (unpaired) electrons. The highest BCUT2D eigenvalue weighted by Gasteiger charge is 2.29. The Kier molecular flexibility index (Phi) is 5.43. The topological polar surface area (TPSA) is 108 Å². The van der Waals surface area contributed by atoms with Gasteiger partial charge in [0.05, 0.1) is 31.1 Å². The van der Waals surface area contributed by atoms with Crippen LogP contribution >= 0.6 is 0 Å². The predicted molar refractivity (Wildman–Crippen MR) is 113 cm³/mol. The number of fused-ring (bicyclic) bond motifs is 1. The molecule has 1 saturated heterocycles. The molecule has 4 rings (SSSR count). The van der Waals surface area contributed by atoms with E-state index in [2.05, 4.69) is 10.1 Å². The molecule has 1 amide bonds. The summed E-state index contributed by atoms with van der Waals surface area (Å²) in [6.07, 6.45) is 4.63. The van der Waals surface area contributed by atoms with Gasteiger partial charge in [-0.05, 0) is 31.9 Å². The number of benzene rings is 1. The number of ether oxygens (including phenoxy) is 2. The maximum atomic E-state index is 12.8. The lowest BCUT2D eigenvalue weighted by Crippen LogP contribution is -2.41. The number of piperidine rings is 1. The number of amides is 1. The molecule has 1 fully saturated rings. The summed E-state index contributed by atoms with van der Waals surface area (Å²) in [5.41, 5.74) is 8.71. The van der Waals surface area contributed by atoms with E-state index in [9.17, 15) is 4.79 Å². The molecular weight excluding hydrogens is 384 g/mol. The maximum absolute atomic E-state index is 12.8. The van der Waals surface area contributed by atoms with Gasteiger partial charge >= 0.3 is 0 Å². The van der Waals surface area contributed by atoms with Crippen molar-refractivity contribution < 1.29 is 14.3 Å². The van der Waals surface area contributed by atoms with Gasteiger partial charge in [0.2, 0.25) is 5.91 Å². The van der Waals surface area contributed by atoms with Gasteiger partial charge in [-0.1, -0.05) is 0 Å². The van der Waals surface area contributed by atoms with E-state index in [1.54, 1.807) is 25.2 Å². The molecule has 0 spiro atoms. The van der Waals surface area contributed by atoms with E-state index in [-0.39, 0.29) is 17.9 Å². The fourth-order valence-corrected chi connectivity index (χ4v) is 4.03. The fraction of sp³-hybridized carbons (Fsp3) is 0.429. The van der Waals surface area contributed by atoms with Crippen LogP contribution in [-0.4, -0.2) is 57.9 Å². The van der Waals surface area contributed by atoms with Crippen LogP contribution in [0.4, 0.5) is 5.69 Å². The first-order valence-electron chi connectivity index (χ1n) is 9.97. The first kappa shape index (κ1) is 19.9. The number of aromatic nitrogens is 4. The Labute approximate surface area is 174 Å². The maximum Gasteiger partial charge on any atom is 0.247 e. The van der Waals surface area contributed by atoms with Crippen molar-refractivity contribution in [1.29, 1.82) is 0 Å². The lowest BCUT2D eigenvalue weighted by atomic mass is 9.91. The normalized spacial score (nSPS) is 15.9. The summed E-state index contributed by atoms with van der Waals surface area (Å²) in [6, 6.07) is 5.32. The second-order valence-electron chi connectivity index (χ2n) is 7.51. The Bertz CT molecular complexity index is 1040. The van der Waals surface area contributed by atoms with Crippen LogP contribution in [0, 0.1) is 0 Å². The Hall–Kier alpha value is -3.36. The molecule has 1 unspecified atom stereocenters. The number of anilines is 1. The molecular formula is C21H26N6O3. The molecule has 1 aliphatic rings. The summed E-state index contributed by atoms with van der Waals surface area (Å²) in [6.45, 7) is 3.16. The molecule has 1 aliphatic heterocycles. The van der Waals surface area contributed by atoms with E-state index in [0.717, 1.165) is 29.4 Å². The van der Waals surface area contributed by atoms with E-state index in [0.29, 0.717) is 30.3 Å². The Morgan fingerprint density at radius 3 is 2.50 bits per heavy atom. The number of carbonyl (C=O) groups excluding carboxylic acids is 1. The molecule has 2 aromatic heterocycles. The zero-order valence-electron chi connectivity index (χ0n) is 17.4. The third kappa shape index (κ3) is 3.62. The van der Waals surface area contributed by atoms with E-state index < -0.39 is 0 Å². The van der Waals surface area contributed by atoms with Gasteiger partial charge in [0.15, 0.2) is 11.5 Å². The quantitative estimate of drug-likeness (QED) is 0.688. The van der Waals surface area contributed by atoms with Gasteiger partial charge in [0.1, 0.15) is 18.7 Å². The molecule has 3 aromatic rings. The van der Waals surface area contributed by atoms with Crippen molar-refractivity contribution in [3.05, 3.63) is 36.5 Å². The van der Waals surface area contributed by atoms with Crippen molar-refractivity contribution in [2.45, 2.75) is 31.7 Å². The molecule has 3 heterocycles. The Balaban J connectivity index is 1.51. The van der Waals surface area contributed by atoms with E-state index >= 15 is 0 Å². The molecule has 1 atom stereocenters. The molecule has 30 heavy (non-hydrogen) atoms. The highest BCUT2D eigenvalue weighted by molar-refractivity contribution is 5.86. The minimum atomic E-state index is -0.365. The molecule has 0 aliphatic carbocycles. The van der Waals surface area contributed by atoms with Crippen LogP contribution in [-0.2, 0) is 4.79 Å². The number of likely N-dealkylation sites (tertiary alicyclic amines) is 1. The number of hydrogen-bond donors (Lipinski definition) is 1. The number of carbonyl (C=O) groups is 1. The number of nitrogen functional groups attached to an aromatic ring is 1. The minimum Gasteiger partial charge on any atom is -0.493 e. The van der Waals surface area contributed by atoms with E-state index in [1.165, 1.54) is 6.33 Å². The van der Waals surface area contributed by atoms with Gasteiger partial charge in [0.25, 0.3) is 0 Å². The van der Waals surface area contributed by atoms with Gasteiger partial charge in [-0.25, -0.2) is 9.67 Å². The molecule has 9 heteroatoms. The Morgan fingerprint density at radius 1 is 1.17 bits per heavy atom. The van der Waals surface area contributed by atoms with Gasteiger partial charge in [0, 0.05) is 30.5 Å². The lowest BCUT2D eigenvalue weighted by Gasteiger charge is -2.33. The fourth-order valence-electron chi connectivity index (χ4n) is 4.03. The van der Waals surface area contributed by atoms with Gasteiger partial charge in [-0.2, -0.15) is 5.10 Å². The number of pyridine rings is 1. The number of methoxy groups -OCH3 is 2. The highest BCUT2D eigenvalue weighted by atomic mass is 16.5. The summed E-state index contributed by atoms with van der Waals surface area (Å²) in [7, 11) is 3.21. The average molecular weight is 410 g/mol. The lowest BCUT2D eigenvalue weighted by molar-refractivity contribution is -0.135. The van der Waals surface area contributed by atoms with Gasteiger partial charge in [-0.3, -0.25) is 9.78 Å². The smallest absolute Gasteiger partial charge is 0.247 e. The van der Waals surface area contributed by atoms with Crippen LogP contribution in [0.1, 0.15) is 37.4 Å². The van der Waals surface area contributed by atoms with Crippen LogP contribution < -0.4 is 15.2 Å². The van der Waals surface area contributed by atoms with Crippen LogP contribution in [0.2, 0.25) is 0 Å². The second kappa shape index (κ2) is 8.17. The summed E-state index contributed by atoms with van der Waals surface area (Å²) in [5.74, 6) is 1.53. The van der Waals surface area contributed by atoms with Crippen LogP contribution in [0.15, 0.2) is 30.9 Å². The van der Waals surface area contributed by atoms with Crippen LogP contribution in [0.25, 0.3) is 10.9 Å². The third-order valence-electron chi connectivity index (χ3n) is 5.76. The molecule has 2 N–H and O–H groups in total. The first-order valence-corrected chi connectivity index (χ1v) is 9.97. The predicted octanol–water partition coefficient (Wildman–Crippen LogP) is 2.39. The van der Waals surface area contributed by atoms with E-state index in [1.807, 2.05) is 30.0 Å². The van der Waals surface area contributed by atoms with Crippen molar-refractivity contribution in [3.8, 4) is 11.5 Å². The highest BCUT2D eigenvalue weighted by Crippen LogP contribution is 2.36. The standard InChI is InChI=1S/C21H26N6O3/c1-13(27-12-23-11-24-27)21(28)26-6-4-14(5-7-26)20-16(22)8-15-9-18(29-2)19(30-3)10-17(15)25-20/h8-14H,4-7,22H2,1-3H3. The monoisotopic (exact) mass is 410 g/mol. The van der Waals surface area contributed by atoms with Gasteiger partial charge < -0.3 is 20.1 Å². The second-order valence-corrected chi connectivity index (χ2v) is 7.51.